The van der Waals surface area contributed by atoms with Gasteiger partial charge in [-0.2, -0.15) is 0 Å². The summed E-state index contributed by atoms with van der Waals surface area (Å²) in [5.41, 5.74) is 3.13. The number of nitrogens with zero attached hydrogens (tertiary/aromatic N) is 2. The lowest BCUT2D eigenvalue weighted by Gasteiger charge is -2.25. The Morgan fingerprint density at radius 2 is 1.91 bits per heavy atom. The molecule has 3 aliphatic rings. The SMILES string of the molecule is O=C1Nc2c(F)cc(CN3C(=O)CSC3=O)cc2C1=Cc1cc(CN2CCOCC2)c[nH]1. The molecule has 166 valence electrons. The van der Waals surface area contributed by atoms with E-state index in [9.17, 15) is 18.8 Å². The van der Waals surface area contributed by atoms with Crippen LogP contribution in [0.3, 0.4) is 0 Å². The summed E-state index contributed by atoms with van der Waals surface area (Å²) in [5.74, 6) is -1.20. The third-order valence-electron chi connectivity index (χ3n) is 5.68. The van der Waals surface area contributed by atoms with E-state index in [1.807, 2.05) is 12.3 Å². The summed E-state index contributed by atoms with van der Waals surface area (Å²) in [4.78, 5) is 42.9. The van der Waals surface area contributed by atoms with Gasteiger partial charge in [-0.1, -0.05) is 11.8 Å². The van der Waals surface area contributed by atoms with Gasteiger partial charge in [0.25, 0.3) is 11.1 Å². The van der Waals surface area contributed by atoms with Crippen molar-refractivity contribution in [3.8, 4) is 0 Å². The first kappa shape index (κ1) is 20.9. The highest BCUT2D eigenvalue weighted by molar-refractivity contribution is 8.14. The second kappa shape index (κ2) is 8.53. The summed E-state index contributed by atoms with van der Waals surface area (Å²) in [5, 5.41) is 2.23. The van der Waals surface area contributed by atoms with Crippen molar-refractivity contribution in [3.63, 3.8) is 0 Å². The highest BCUT2D eigenvalue weighted by Crippen LogP contribution is 2.36. The van der Waals surface area contributed by atoms with Gasteiger partial charge < -0.3 is 15.0 Å². The summed E-state index contributed by atoms with van der Waals surface area (Å²) in [6.45, 7) is 3.95. The van der Waals surface area contributed by atoms with E-state index in [1.165, 1.54) is 6.07 Å². The van der Waals surface area contributed by atoms with E-state index >= 15 is 0 Å². The summed E-state index contributed by atoms with van der Waals surface area (Å²) in [6.07, 6.45) is 3.59. The van der Waals surface area contributed by atoms with Gasteiger partial charge in [-0.15, -0.1) is 0 Å². The first-order valence-electron chi connectivity index (χ1n) is 10.3. The number of aromatic amines is 1. The summed E-state index contributed by atoms with van der Waals surface area (Å²) >= 11 is 0.931. The van der Waals surface area contributed by atoms with Crippen LogP contribution in [-0.4, -0.2) is 63.9 Å². The Hall–Kier alpha value is -2.95. The number of aromatic nitrogens is 1. The number of halogens is 1. The Morgan fingerprint density at radius 3 is 2.66 bits per heavy atom. The van der Waals surface area contributed by atoms with Crippen molar-refractivity contribution < 1.29 is 23.5 Å². The van der Waals surface area contributed by atoms with Crippen molar-refractivity contribution in [2.45, 2.75) is 13.1 Å². The Balaban J connectivity index is 1.40. The number of hydrogen-bond donors (Lipinski definition) is 2. The van der Waals surface area contributed by atoms with E-state index in [-0.39, 0.29) is 29.1 Å². The van der Waals surface area contributed by atoms with Crippen molar-refractivity contribution in [1.29, 1.82) is 0 Å². The van der Waals surface area contributed by atoms with Crippen LogP contribution >= 0.6 is 11.8 Å². The standard InChI is InChI=1S/C22H21FN4O4S/c23-18-7-13(11-27-19(28)12-32-22(27)30)6-16-17(21(29)25-20(16)18)8-15-5-14(9-24-15)10-26-1-3-31-4-2-26/h5-9,24H,1-4,10-12H2,(H,25,29). The molecule has 5 rings (SSSR count). The van der Waals surface area contributed by atoms with Crippen LogP contribution in [0.1, 0.15) is 22.4 Å². The number of carbonyl (C=O) groups is 3. The van der Waals surface area contributed by atoms with Crippen LogP contribution < -0.4 is 5.32 Å². The molecule has 0 atom stereocenters. The second-order valence-corrected chi connectivity index (χ2v) is 8.83. The third kappa shape index (κ3) is 4.08. The highest BCUT2D eigenvalue weighted by atomic mass is 32.2. The molecule has 0 saturated carbocycles. The summed E-state index contributed by atoms with van der Waals surface area (Å²) in [6, 6.07) is 4.87. The monoisotopic (exact) mass is 456 g/mol. The molecule has 0 aliphatic carbocycles. The van der Waals surface area contributed by atoms with Crippen LogP contribution in [0.5, 0.6) is 0 Å². The fourth-order valence-corrected chi connectivity index (χ4v) is 4.79. The molecular formula is C22H21FN4O4S. The molecule has 0 unspecified atom stereocenters. The number of nitrogens with one attached hydrogen (secondary N) is 2. The van der Waals surface area contributed by atoms with Gasteiger partial charge in [-0.3, -0.25) is 24.2 Å². The molecule has 4 heterocycles. The molecule has 0 bridgehead atoms. The first-order chi connectivity index (χ1) is 15.5. The number of amides is 3. The zero-order chi connectivity index (χ0) is 22.2. The molecule has 2 N–H and O–H groups in total. The van der Waals surface area contributed by atoms with Crippen LogP contribution in [0.4, 0.5) is 14.9 Å². The minimum absolute atomic E-state index is 0.0253. The van der Waals surface area contributed by atoms with Crippen molar-refractivity contribution in [3.05, 3.63) is 52.6 Å². The van der Waals surface area contributed by atoms with Crippen molar-refractivity contribution >= 4 is 46.2 Å². The predicted molar refractivity (Wildman–Crippen MR) is 118 cm³/mol. The number of imide groups is 1. The second-order valence-electron chi connectivity index (χ2n) is 7.90. The molecule has 3 amide bonds. The van der Waals surface area contributed by atoms with E-state index in [4.69, 9.17) is 4.74 Å². The van der Waals surface area contributed by atoms with E-state index in [1.54, 1.807) is 12.1 Å². The van der Waals surface area contributed by atoms with Gasteiger partial charge in [-0.25, -0.2) is 4.39 Å². The zero-order valence-electron chi connectivity index (χ0n) is 17.2. The first-order valence-corrected chi connectivity index (χ1v) is 11.3. The number of anilines is 1. The maximum absolute atomic E-state index is 14.7. The minimum Gasteiger partial charge on any atom is -0.379 e. The lowest BCUT2D eigenvalue weighted by molar-refractivity contribution is -0.125. The molecule has 3 aliphatic heterocycles. The smallest absolute Gasteiger partial charge is 0.289 e. The Labute approximate surface area is 187 Å². The van der Waals surface area contributed by atoms with E-state index in [0.717, 1.165) is 60.8 Å². The van der Waals surface area contributed by atoms with Gasteiger partial charge in [0.05, 0.1) is 36.8 Å². The lowest BCUT2D eigenvalue weighted by atomic mass is 10.0. The van der Waals surface area contributed by atoms with Crippen molar-refractivity contribution in [1.82, 2.24) is 14.8 Å². The molecule has 8 nitrogen and oxygen atoms in total. The Morgan fingerprint density at radius 1 is 1.09 bits per heavy atom. The number of hydrogen-bond acceptors (Lipinski definition) is 6. The predicted octanol–water partition coefficient (Wildman–Crippen LogP) is 2.67. The number of thioether (sulfide) groups is 1. The van der Waals surface area contributed by atoms with Gasteiger partial charge in [0.15, 0.2) is 0 Å². The molecule has 1 aromatic heterocycles. The van der Waals surface area contributed by atoms with Gasteiger partial charge in [-0.05, 0) is 35.4 Å². The van der Waals surface area contributed by atoms with Crippen molar-refractivity contribution in [2.24, 2.45) is 0 Å². The lowest BCUT2D eigenvalue weighted by Crippen LogP contribution is -2.35. The normalized spacial score (nSPS) is 20.3. The molecule has 0 spiro atoms. The van der Waals surface area contributed by atoms with Crippen molar-refractivity contribution in [2.75, 3.05) is 37.4 Å². The maximum atomic E-state index is 14.7. The average Bonchev–Trinajstić information content (AvgIpc) is 3.44. The molecule has 10 heteroatoms. The highest BCUT2D eigenvalue weighted by Gasteiger charge is 2.32. The average molecular weight is 456 g/mol. The van der Waals surface area contributed by atoms with Crippen LogP contribution in [-0.2, 0) is 27.4 Å². The van der Waals surface area contributed by atoms with E-state index in [0.29, 0.717) is 16.7 Å². The van der Waals surface area contributed by atoms with Crippen LogP contribution in [0.15, 0.2) is 24.4 Å². The Kier molecular flexibility index (Phi) is 5.58. The molecule has 2 saturated heterocycles. The molecule has 2 fully saturated rings. The number of benzene rings is 1. The number of morpholine rings is 1. The fourth-order valence-electron chi connectivity index (χ4n) is 4.06. The van der Waals surface area contributed by atoms with Crippen LogP contribution in [0, 0.1) is 5.82 Å². The van der Waals surface area contributed by atoms with Gasteiger partial charge in [0, 0.05) is 37.1 Å². The van der Waals surface area contributed by atoms with E-state index < -0.39 is 11.7 Å². The topological polar surface area (TPSA) is 94.7 Å². The third-order valence-corrected chi connectivity index (χ3v) is 6.54. The number of ether oxygens (including phenoxy) is 1. The molecule has 0 radical (unpaired) electrons. The fraction of sp³-hybridized carbons (Fsp3) is 0.318. The largest absolute Gasteiger partial charge is 0.379 e. The number of rotatable bonds is 5. The van der Waals surface area contributed by atoms with E-state index in [2.05, 4.69) is 15.2 Å². The molecule has 2 aromatic rings. The van der Waals surface area contributed by atoms with Crippen LogP contribution in [0.2, 0.25) is 0 Å². The number of carbonyl (C=O) groups excluding carboxylic acids is 3. The number of H-pyrrole nitrogens is 1. The Bertz CT molecular complexity index is 1120. The van der Waals surface area contributed by atoms with Gasteiger partial charge in [0.1, 0.15) is 5.82 Å². The minimum atomic E-state index is -0.597. The molecular weight excluding hydrogens is 435 g/mol. The molecule has 32 heavy (non-hydrogen) atoms. The summed E-state index contributed by atoms with van der Waals surface area (Å²) < 4.78 is 20.1. The zero-order valence-corrected chi connectivity index (χ0v) is 18.0. The quantitative estimate of drug-likeness (QED) is 0.672. The molecule has 1 aromatic carbocycles. The summed E-state index contributed by atoms with van der Waals surface area (Å²) in [7, 11) is 0. The number of fused-ring (bicyclic) bond motifs is 1. The van der Waals surface area contributed by atoms with Gasteiger partial charge >= 0.3 is 0 Å². The van der Waals surface area contributed by atoms with Crippen LogP contribution in [0.25, 0.3) is 11.6 Å². The van der Waals surface area contributed by atoms with Gasteiger partial charge in [0.2, 0.25) is 5.91 Å². The maximum Gasteiger partial charge on any atom is 0.289 e.